The van der Waals surface area contributed by atoms with Gasteiger partial charge in [0.1, 0.15) is 6.54 Å². The molecule has 8 heteroatoms. The highest BCUT2D eigenvalue weighted by Gasteiger charge is 2.36. The quantitative estimate of drug-likeness (QED) is 0.836. The van der Waals surface area contributed by atoms with Crippen LogP contribution in [0.2, 0.25) is 0 Å². The molecule has 0 spiro atoms. The standard InChI is InChI=1S/C16H20N2O5S/c19-15-5-2-10-17(15)12-6-8-14(9-7-12)24(22,23)18(11-16(20)21)13-3-1-4-13/h6-9,13H,1-5,10-11H2,(H,20,21). The molecule has 2 fully saturated rings. The number of carbonyl (C=O) groups is 2. The van der Waals surface area contributed by atoms with Gasteiger partial charge >= 0.3 is 5.97 Å². The lowest BCUT2D eigenvalue weighted by molar-refractivity contribution is -0.137. The molecule has 0 unspecified atom stereocenters. The van der Waals surface area contributed by atoms with Gasteiger partial charge in [-0.15, -0.1) is 0 Å². The Labute approximate surface area is 140 Å². The minimum Gasteiger partial charge on any atom is -0.480 e. The summed E-state index contributed by atoms with van der Waals surface area (Å²) in [7, 11) is -3.86. The Morgan fingerprint density at radius 1 is 1.21 bits per heavy atom. The Morgan fingerprint density at radius 2 is 1.88 bits per heavy atom. The molecule has 1 heterocycles. The lowest BCUT2D eigenvalue weighted by atomic mass is 9.93. The van der Waals surface area contributed by atoms with Crippen molar-refractivity contribution in [2.75, 3.05) is 18.0 Å². The predicted octanol–water partition coefficient (Wildman–Crippen LogP) is 1.44. The van der Waals surface area contributed by atoms with Gasteiger partial charge in [0.05, 0.1) is 4.90 Å². The van der Waals surface area contributed by atoms with Crippen LogP contribution < -0.4 is 4.90 Å². The van der Waals surface area contributed by atoms with Gasteiger partial charge in [0.25, 0.3) is 0 Å². The second-order valence-corrected chi connectivity index (χ2v) is 8.06. The zero-order valence-electron chi connectivity index (χ0n) is 13.2. The van der Waals surface area contributed by atoms with Crippen LogP contribution in [0.25, 0.3) is 0 Å². The molecule has 1 N–H and O–H groups in total. The number of rotatable bonds is 6. The Kier molecular flexibility index (Phi) is 4.60. The van der Waals surface area contributed by atoms with E-state index in [9.17, 15) is 18.0 Å². The Balaban J connectivity index is 1.85. The van der Waals surface area contributed by atoms with E-state index in [0.717, 1.165) is 17.1 Å². The van der Waals surface area contributed by atoms with Crippen LogP contribution in [0.4, 0.5) is 5.69 Å². The Bertz CT molecular complexity index is 740. The molecule has 7 nitrogen and oxygen atoms in total. The highest BCUT2D eigenvalue weighted by Crippen LogP contribution is 2.31. The molecule has 1 aliphatic heterocycles. The maximum Gasteiger partial charge on any atom is 0.318 e. The van der Waals surface area contributed by atoms with E-state index >= 15 is 0 Å². The first-order valence-electron chi connectivity index (χ1n) is 8.03. The zero-order valence-corrected chi connectivity index (χ0v) is 14.0. The van der Waals surface area contributed by atoms with Gasteiger partial charge in [-0.25, -0.2) is 8.42 Å². The third-order valence-electron chi connectivity index (χ3n) is 4.60. The number of carboxylic acids is 1. The molecule has 1 saturated carbocycles. The summed E-state index contributed by atoms with van der Waals surface area (Å²) >= 11 is 0. The topological polar surface area (TPSA) is 95.0 Å². The van der Waals surface area contributed by atoms with Crippen molar-refractivity contribution in [1.82, 2.24) is 4.31 Å². The van der Waals surface area contributed by atoms with Crippen molar-refractivity contribution in [2.24, 2.45) is 0 Å². The maximum atomic E-state index is 12.8. The van der Waals surface area contributed by atoms with Crippen LogP contribution in [0.1, 0.15) is 32.1 Å². The first-order valence-corrected chi connectivity index (χ1v) is 9.47. The van der Waals surface area contributed by atoms with Crippen LogP contribution in [-0.4, -0.2) is 48.8 Å². The molecule has 1 saturated heterocycles. The van der Waals surface area contributed by atoms with Gasteiger partial charge in [0.15, 0.2) is 0 Å². The van der Waals surface area contributed by atoms with Crippen LogP contribution in [0.5, 0.6) is 0 Å². The monoisotopic (exact) mass is 352 g/mol. The van der Waals surface area contributed by atoms with Crippen LogP contribution in [0.3, 0.4) is 0 Å². The van der Waals surface area contributed by atoms with Gasteiger partial charge in [-0.05, 0) is 43.5 Å². The summed E-state index contributed by atoms with van der Waals surface area (Å²) in [6.45, 7) is 0.109. The average Bonchev–Trinajstić information content (AvgIpc) is 2.90. The normalized spacial score (nSPS) is 18.9. The third-order valence-corrected chi connectivity index (χ3v) is 6.51. The maximum absolute atomic E-state index is 12.8. The molecular weight excluding hydrogens is 332 g/mol. The minimum atomic E-state index is -3.86. The summed E-state index contributed by atoms with van der Waals surface area (Å²) < 4.78 is 26.6. The van der Waals surface area contributed by atoms with Crippen LogP contribution in [0, 0.1) is 0 Å². The number of nitrogens with zero attached hydrogens (tertiary/aromatic N) is 2. The first-order chi connectivity index (χ1) is 11.4. The van der Waals surface area contributed by atoms with E-state index in [1.807, 2.05) is 0 Å². The first kappa shape index (κ1) is 16.9. The van der Waals surface area contributed by atoms with Gasteiger partial charge in [0.2, 0.25) is 15.9 Å². The lowest BCUT2D eigenvalue weighted by Gasteiger charge is -2.35. The van der Waals surface area contributed by atoms with E-state index in [4.69, 9.17) is 5.11 Å². The van der Waals surface area contributed by atoms with Crippen LogP contribution >= 0.6 is 0 Å². The van der Waals surface area contributed by atoms with Crippen LogP contribution in [0.15, 0.2) is 29.2 Å². The van der Waals surface area contributed by atoms with Crippen molar-refractivity contribution in [3.05, 3.63) is 24.3 Å². The smallest absolute Gasteiger partial charge is 0.318 e. The molecular formula is C16H20N2O5S. The van der Waals surface area contributed by atoms with Gasteiger partial charge < -0.3 is 10.0 Å². The molecule has 1 aliphatic carbocycles. The third kappa shape index (κ3) is 3.16. The number of anilines is 1. The minimum absolute atomic E-state index is 0.0348. The van der Waals surface area contributed by atoms with E-state index in [2.05, 4.69) is 0 Å². The van der Waals surface area contributed by atoms with Crippen molar-refractivity contribution in [3.8, 4) is 0 Å². The molecule has 0 atom stereocenters. The largest absolute Gasteiger partial charge is 0.480 e. The van der Waals surface area contributed by atoms with Crippen molar-refractivity contribution < 1.29 is 23.1 Å². The van der Waals surface area contributed by atoms with E-state index in [1.54, 1.807) is 17.0 Å². The van der Waals surface area contributed by atoms with Gasteiger partial charge in [-0.1, -0.05) is 6.42 Å². The summed E-state index contributed by atoms with van der Waals surface area (Å²) in [6, 6.07) is 5.87. The highest BCUT2D eigenvalue weighted by molar-refractivity contribution is 7.89. The molecule has 1 amide bonds. The van der Waals surface area contributed by atoms with Gasteiger partial charge in [0, 0.05) is 24.7 Å². The summed E-state index contributed by atoms with van der Waals surface area (Å²) in [5.74, 6) is -1.13. The number of hydrogen-bond donors (Lipinski definition) is 1. The number of aliphatic carboxylic acids is 1. The Hall–Kier alpha value is -1.93. The fraction of sp³-hybridized carbons (Fsp3) is 0.500. The van der Waals surface area contributed by atoms with Gasteiger partial charge in [-0.3, -0.25) is 9.59 Å². The predicted molar refractivity (Wildman–Crippen MR) is 87.2 cm³/mol. The van der Waals surface area contributed by atoms with E-state index < -0.39 is 22.5 Å². The number of hydrogen-bond acceptors (Lipinski definition) is 4. The molecule has 0 radical (unpaired) electrons. The summed E-state index contributed by atoms with van der Waals surface area (Å²) in [5, 5.41) is 9.03. The number of carboxylic acid groups (broad SMARTS) is 1. The number of carbonyl (C=O) groups excluding carboxylic acids is 1. The second kappa shape index (κ2) is 6.52. The molecule has 0 aromatic heterocycles. The number of sulfonamides is 1. The van der Waals surface area contributed by atoms with Crippen molar-refractivity contribution in [3.63, 3.8) is 0 Å². The fourth-order valence-corrected chi connectivity index (χ4v) is 4.71. The Morgan fingerprint density at radius 3 is 2.33 bits per heavy atom. The lowest BCUT2D eigenvalue weighted by Crippen LogP contribution is -2.46. The molecule has 130 valence electrons. The molecule has 3 rings (SSSR count). The summed E-state index contributed by atoms with van der Waals surface area (Å²) in [5.41, 5.74) is 0.671. The average molecular weight is 352 g/mol. The van der Waals surface area contributed by atoms with Crippen LogP contribution in [-0.2, 0) is 19.6 Å². The summed E-state index contributed by atoms with van der Waals surface area (Å²) in [4.78, 5) is 24.5. The van der Waals surface area contributed by atoms with Crippen molar-refractivity contribution >= 4 is 27.6 Å². The SMILES string of the molecule is O=C(O)CN(C1CCC1)S(=O)(=O)c1ccc(N2CCCC2=O)cc1. The molecule has 24 heavy (non-hydrogen) atoms. The van der Waals surface area contributed by atoms with E-state index in [1.165, 1.54) is 12.1 Å². The second-order valence-electron chi connectivity index (χ2n) is 6.17. The molecule has 2 aliphatic rings. The van der Waals surface area contributed by atoms with Crippen molar-refractivity contribution in [2.45, 2.75) is 43.0 Å². The van der Waals surface area contributed by atoms with E-state index in [0.29, 0.717) is 31.5 Å². The number of amides is 1. The van der Waals surface area contributed by atoms with Crippen molar-refractivity contribution in [1.29, 1.82) is 0 Å². The number of benzene rings is 1. The van der Waals surface area contributed by atoms with E-state index in [-0.39, 0.29) is 16.8 Å². The molecule has 1 aromatic carbocycles. The summed E-state index contributed by atoms with van der Waals surface area (Å²) in [6.07, 6.45) is 3.59. The zero-order chi connectivity index (χ0) is 17.3. The molecule has 0 bridgehead atoms. The van der Waals surface area contributed by atoms with Gasteiger partial charge in [-0.2, -0.15) is 4.31 Å². The fourth-order valence-electron chi connectivity index (χ4n) is 3.07. The highest BCUT2D eigenvalue weighted by atomic mass is 32.2. The molecule has 1 aromatic rings.